The molecule has 1 aromatic heterocycles. The Morgan fingerprint density at radius 2 is 2.31 bits per heavy atom. The first-order valence-electron chi connectivity index (χ1n) is 4.98. The molecule has 0 saturated heterocycles. The van der Waals surface area contributed by atoms with Crippen LogP contribution in [0.15, 0.2) is 29.6 Å². The Labute approximate surface area is 107 Å². The van der Waals surface area contributed by atoms with Gasteiger partial charge in [0.15, 0.2) is 0 Å². The third kappa shape index (κ3) is 2.62. The van der Waals surface area contributed by atoms with Gasteiger partial charge in [-0.3, -0.25) is 0 Å². The van der Waals surface area contributed by atoms with E-state index in [9.17, 15) is 0 Å². The summed E-state index contributed by atoms with van der Waals surface area (Å²) in [5.74, 6) is 0.870. The highest BCUT2D eigenvalue weighted by molar-refractivity contribution is 9.09. The minimum Gasteiger partial charge on any atom is -0.497 e. The van der Waals surface area contributed by atoms with Crippen molar-refractivity contribution in [3.05, 3.63) is 35.3 Å². The van der Waals surface area contributed by atoms with Gasteiger partial charge in [-0.25, -0.2) is 4.98 Å². The van der Waals surface area contributed by atoms with Crippen LogP contribution in [0.3, 0.4) is 0 Å². The van der Waals surface area contributed by atoms with Crippen LogP contribution in [0.5, 0.6) is 5.75 Å². The quantitative estimate of drug-likeness (QED) is 0.802. The molecular formula is C12H12BrNOS. The lowest BCUT2D eigenvalue weighted by Gasteiger charge is -2.01. The largest absolute Gasteiger partial charge is 0.497 e. The molecule has 0 atom stereocenters. The Kier molecular flexibility index (Phi) is 3.96. The molecule has 4 heteroatoms. The Bertz CT molecular complexity index is 470. The Morgan fingerprint density at radius 3 is 3.06 bits per heavy atom. The molecule has 0 aliphatic carbocycles. The van der Waals surface area contributed by atoms with Gasteiger partial charge in [-0.1, -0.05) is 28.1 Å². The van der Waals surface area contributed by atoms with Crippen LogP contribution in [0.25, 0.3) is 10.6 Å². The zero-order valence-corrected chi connectivity index (χ0v) is 11.3. The minimum absolute atomic E-state index is 0.870. The summed E-state index contributed by atoms with van der Waals surface area (Å²) in [6, 6.07) is 7.99. The molecule has 2 nitrogen and oxygen atoms in total. The van der Waals surface area contributed by atoms with Crippen molar-refractivity contribution in [3.8, 4) is 16.3 Å². The van der Waals surface area contributed by atoms with Gasteiger partial charge in [0, 0.05) is 22.7 Å². The molecule has 0 saturated carbocycles. The zero-order valence-electron chi connectivity index (χ0n) is 8.94. The summed E-state index contributed by atoms with van der Waals surface area (Å²) in [4.78, 5) is 4.58. The number of nitrogens with zero attached hydrogens (tertiary/aromatic N) is 1. The fraction of sp³-hybridized carbons (Fsp3) is 0.250. The first kappa shape index (κ1) is 11.6. The lowest BCUT2D eigenvalue weighted by molar-refractivity contribution is 0.415. The maximum absolute atomic E-state index is 5.20. The molecule has 0 unspecified atom stereocenters. The van der Waals surface area contributed by atoms with E-state index in [0.29, 0.717) is 0 Å². The normalized spacial score (nSPS) is 10.4. The van der Waals surface area contributed by atoms with Crippen molar-refractivity contribution in [2.45, 2.75) is 6.42 Å². The highest BCUT2D eigenvalue weighted by Crippen LogP contribution is 2.26. The van der Waals surface area contributed by atoms with Crippen LogP contribution >= 0.6 is 27.3 Å². The number of ether oxygens (including phenoxy) is 1. The summed E-state index contributed by atoms with van der Waals surface area (Å²) in [7, 11) is 1.68. The molecule has 0 aliphatic heterocycles. The number of thiazole rings is 1. The van der Waals surface area contributed by atoms with Crippen LogP contribution in [0.4, 0.5) is 0 Å². The van der Waals surface area contributed by atoms with Gasteiger partial charge in [0.05, 0.1) is 12.8 Å². The van der Waals surface area contributed by atoms with E-state index in [4.69, 9.17) is 4.74 Å². The molecule has 0 spiro atoms. The predicted octanol–water partition coefficient (Wildman–Crippen LogP) is 3.76. The number of aryl methyl sites for hydroxylation is 1. The van der Waals surface area contributed by atoms with E-state index in [0.717, 1.165) is 33.8 Å². The fourth-order valence-corrected chi connectivity index (χ4v) is 2.66. The van der Waals surface area contributed by atoms with Crippen molar-refractivity contribution >= 4 is 27.3 Å². The van der Waals surface area contributed by atoms with Crippen molar-refractivity contribution in [1.29, 1.82) is 0 Å². The van der Waals surface area contributed by atoms with Crippen molar-refractivity contribution in [2.75, 3.05) is 12.4 Å². The van der Waals surface area contributed by atoms with E-state index in [2.05, 4.69) is 32.4 Å². The maximum Gasteiger partial charge on any atom is 0.123 e. The molecular weight excluding hydrogens is 286 g/mol. The molecule has 1 heterocycles. The average molecular weight is 298 g/mol. The number of halogens is 1. The highest BCUT2D eigenvalue weighted by atomic mass is 79.9. The second-order valence-electron chi connectivity index (χ2n) is 3.31. The lowest BCUT2D eigenvalue weighted by Crippen LogP contribution is -1.86. The van der Waals surface area contributed by atoms with Crippen LogP contribution in [0.1, 0.15) is 5.69 Å². The summed E-state index contributed by atoms with van der Waals surface area (Å²) in [5, 5.41) is 4.11. The minimum atomic E-state index is 0.870. The van der Waals surface area contributed by atoms with Gasteiger partial charge < -0.3 is 4.74 Å². The molecule has 16 heavy (non-hydrogen) atoms. The molecule has 0 radical (unpaired) electrons. The average Bonchev–Trinajstić information content (AvgIpc) is 2.78. The molecule has 0 bridgehead atoms. The monoisotopic (exact) mass is 297 g/mol. The molecule has 0 aliphatic rings. The van der Waals surface area contributed by atoms with Crippen molar-refractivity contribution in [1.82, 2.24) is 4.98 Å². The van der Waals surface area contributed by atoms with Crippen molar-refractivity contribution < 1.29 is 4.74 Å². The Balaban J connectivity index is 2.27. The molecule has 2 rings (SSSR count). The van der Waals surface area contributed by atoms with Crippen LogP contribution < -0.4 is 4.74 Å². The SMILES string of the molecule is COc1cccc(-c2nc(CCBr)cs2)c1. The summed E-state index contributed by atoms with van der Waals surface area (Å²) < 4.78 is 5.20. The summed E-state index contributed by atoms with van der Waals surface area (Å²) in [6.07, 6.45) is 0.973. The van der Waals surface area contributed by atoms with Gasteiger partial charge in [0.2, 0.25) is 0 Å². The summed E-state index contributed by atoms with van der Waals surface area (Å²) >= 11 is 5.09. The zero-order chi connectivity index (χ0) is 11.4. The number of methoxy groups -OCH3 is 1. The molecule has 2 aromatic rings. The lowest BCUT2D eigenvalue weighted by atomic mass is 10.2. The maximum atomic E-state index is 5.20. The van der Waals surface area contributed by atoms with Gasteiger partial charge in [-0.2, -0.15) is 0 Å². The third-order valence-corrected chi connectivity index (χ3v) is 3.56. The van der Waals surface area contributed by atoms with E-state index < -0.39 is 0 Å². The number of aromatic nitrogens is 1. The van der Waals surface area contributed by atoms with E-state index >= 15 is 0 Å². The van der Waals surface area contributed by atoms with E-state index in [-0.39, 0.29) is 0 Å². The van der Waals surface area contributed by atoms with Gasteiger partial charge in [-0.15, -0.1) is 11.3 Å². The second-order valence-corrected chi connectivity index (χ2v) is 4.97. The second kappa shape index (κ2) is 5.46. The van der Waals surface area contributed by atoms with E-state index in [1.54, 1.807) is 18.4 Å². The molecule has 0 fully saturated rings. The third-order valence-electron chi connectivity index (χ3n) is 2.22. The van der Waals surface area contributed by atoms with E-state index in [1.165, 1.54) is 0 Å². The van der Waals surface area contributed by atoms with Gasteiger partial charge in [0.25, 0.3) is 0 Å². The highest BCUT2D eigenvalue weighted by Gasteiger charge is 2.05. The predicted molar refractivity (Wildman–Crippen MR) is 71.6 cm³/mol. The van der Waals surface area contributed by atoms with E-state index in [1.807, 2.05) is 18.2 Å². The van der Waals surface area contributed by atoms with Gasteiger partial charge in [0.1, 0.15) is 10.8 Å². The summed E-state index contributed by atoms with van der Waals surface area (Å²) in [5.41, 5.74) is 2.25. The number of benzene rings is 1. The fourth-order valence-electron chi connectivity index (χ4n) is 1.41. The Hall–Kier alpha value is -0.870. The van der Waals surface area contributed by atoms with Crippen LogP contribution in [-0.4, -0.2) is 17.4 Å². The number of rotatable bonds is 4. The van der Waals surface area contributed by atoms with Crippen molar-refractivity contribution in [3.63, 3.8) is 0 Å². The van der Waals surface area contributed by atoms with Crippen molar-refractivity contribution in [2.24, 2.45) is 0 Å². The topological polar surface area (TPSA) is 22.1 Å². The molecule has 1 aromatic carbocycles. The molecule has 84 valence electrons. The molecule has 0 amide bonds. The number of alkyl halides is 1. The standard InChI is InChI=1S/C12H12BrNOS/c1-15-11-4-2-3-9(7-11)12-14-10(5-6-13)8-16-12/h2-4,7-8H,5-6H2,1H3. The Morgan fingerprint density at radius 1 is 1.44 bits per heavy atom. The number of hydrogen-bond donors (Lipinski definition) is 0. The van der Waals surface area contributed by atoms with Crippen LogP contribution in [0, 0.1) is 0 Å². The first-order chi connectivity index (χ1) is 7.83. The van der Waals surface area contributed by atoms with Crippen LogP contribution in [-0.2, 0) is 6.42 Å². The van der Waals surface area contributed by atoms with Crippen LogP contribution in [0.2, 0.25) is 0 Å². The molecule has 0 N–H and O–H groups in total. The summed E-state index contributed by atoms with van der Waals surface area (Å²) in [6.45, 7) is 0. The van der Waals surface area contributed by atoms with Gasteiger partial charge in [-0.05, 0) is 12.1 Å². The first-order valence-corrected chi connectivity index (χ1v) is 6.98. The number of hydrogen-bond acceptors (Lipinski definition) is 3. The smallest absolute Gasteiger partial charge is 0.123 e. The van der Waals surface area contributed by atoms with Gasteiger partial charge >= 0.3 is 0 Å².